The Morgan fingerprint density at radius 1 is 1.14 bits per heavy atom. The van der Waals surface area contributed by atoms with E-state index >= 15 is 0 Å². The van der Waals surface area contributed by atoms with Crippen LogP contribution in [0.15, 0.2) is 0 Å². The fourth-order valence-corrected chi connectivity index (χ4v) is 4.12. The molecule has 2 saturated heterocycles. The number of hydrogen-bond acceptors (Lipinski definition) is 6. The van der Waals surface area contributed by atoms with Gasteiger partial charge in [0.05, 0.1) is 18.9 Å². The van der Waals surface area contributed by atoms with E-state index in [-0.39, 0.29) is 5.91 Å². The first-order valence-corrected chi connectivity index (χ1v) is 10.5. The van der Waals surface area contributed by atoms with Crippen molar-refractivity contribution in [3.05, 3.63) is 11.3 Å². The molecule has 8 nitrogen and oxygen atoms in total. The number of amides is 1. The molecular formula is C20H36N6O2. The van der Waals surface area contributed by atoms with E-state index in [1.165, 1.54) is 17.1 Å². The highest BCUT2D eigenvalue weighted by Crippen LogP contribution is 2.28. The molecule has 0 radical (unpaired) electrons. The Labute approximate surface area is 168 Å². The number of morpholine rings is 1. The normalized spacial score (nSPS) is 18.9. The summed E-state index contributed by atoms with van der Waals surface area (Å²) in [5, 5.41) is 8.46. The van der Waals surface area contributed by atoms with E-state index in [4.69, 9.17) is 9.84 Å². The van der Waals surface area contributed by atoms with E-state index in [1.54, 1.807) is 6.92 Å². The van der Waals surface area contributed by atoms with Crippen LogP contribution in [-0.4, -0.2) is 91.1 Å². The highest BCUT2D eigenvalue weighted by molar-refractivity contribution is 5.73. The minimum atomic E-state index is 0.186. The second kappa shape index (κ2) is 9.71. The number of rotatable bonds is 7. The molecular weight excluding hydrogens is 356 g/mol. The fraction of sp³-hybridized carbons (Fsp3) is 0.800. The Kier molecular flexibility index (Phi) is 7.31. The van der Waals surface area contributed by atoms with Crippen molar-refractivity contribution in [2.24, 2.45) is 7.05 Å². The van der Waals surface area contributed by atoms with Gasteiger partial charge in [0, 0.05) is 78.4 Å². The van der Waals surface area contributed by atoms with E-state index in [2.05, 4.69) is 36.0 Å². The summed E-state index contributed by atoms with van der Waals surface area (Å²) in [5.74, 6) is 1.82. The summed E-state index contributed by atoms with van der Waals surface area (Å²) in [6.45, 7) is 15.9. The summed E-state index contributed by atoms with van der Waals surface area (Å²) < 4.78 is 7.57. The van der Waals surface area contributed by atoms with Crippen molar-refractivity contribution in [3.63, 3.8) is 0 Å². The lowest BCUT2D eigenvalue weighted by molar-refractivity contribution is -0.130. The average Bonchev–Trinajstić information content (AvgIpc) is 3.02. The van der Waals surface area contributed by atoms with Crippen LogP contribution in [0.2, 0.25) is 0 Å². The molecule has 1 aromatic heterocycles. The smallest absolute Gasteiger partial charge is 0.219 e. The quantitative estimate of drug-likeness (QED) is 0.687. The lowest BCUT2D eigenvalue weighted by atomic mass is 10.0. The standard InChI is InChI=1S/C20H36N6O2/c1-16(2)19-18(20(23(4)22-19)26-11-13-28-14-12-26)15-21-5-6-24-7-9-25(10-8-24)17(3)27/h16,21H,5-15H2,1-4H3. The Bertz CT molecular complexity index is 645. The Morgan fingerprint density at radius 3 is 2.43 bits per heavy atom. The number of anilines is 1. The van der Waals surface area contributed by atoms with Crippen molar-refractivity contribution < 1.29 is 9.53 Å². The molecule has 1 aromatic rings. The van der Waals surface area contributed by atoms with Crippen LogP contribution < -0.4 is 10.2 Å². The van der Waals surface area contributed by atoms with Crippen LogP contribution in [-0.2, 0) is 23.1 Å². The molecule has 3 heterocycles. The number of carbonyl (C=O) groups excluding carboxylic acids is 1. The van der Waals surface area contributed by atoms with Crippen LogP contribution in [0.3, 0.4) is 0 Å². The van der Waals surface area contributed by atoms with Gasteiger partial charge in [-0.1, -0.05) is 13.8 Å². The van der Waals surface area contributed by atoms with E-state index in [9.17, 15) is 4.79 Å². The molecule has 2 fully saturated rings. The Hall–Kier alpha value is -1.64. The zero-order valence-electron chi connectivity index (χ0n) is 17.9. The topological polar surface area (TPSA) is 65.9 Å². The largest absolute Gasteiger partial charge is 0.378 e. The molecule has 0 atom stereocenters. The molecule has 0 aliphatic carbocycles. The molecule has 1 amide bonds. The maximum absolute atomic E-state index is 11.4. The van der Waals surface area contributed by atoms with Crippen molar-refractivity contribution in [1.29, 1.82) is 0 Å². The summed E-state index contributed by atoms with van der Waals surface area (Å²) in [5.41, 5.74) is 2.51. The van der Waals surface area contributed by atoms with Gasteiger partial charge in [-0.3, -0.25) is 14.4 Å². The van der Waals surface area contributed by atoms with Gasteiger partial charge < -0.3 is 19.9 Å². The number of hydrogen-bond donors (Lipinski definition) is 1. The number of piperazine rings is 1. The minimum absolute atomic E-state index is 0.186. The molecule has 0 bridgehead atoms. The van der Waals surface area contributed by atoms with E-state index in [1.807, 2.05) is 9.58 Å². The van der Waals surface area contributed by atoms with Crippen LogP contribution in [0.5, 0.6) is 0 Å². The minimum Gasteiger partial charge on any atom is -0.378 e. The third-order valence-electron chi connectivity index (χ3n) is 5.73. The first-order valence-electron chi connectivity index (χ1n) is 10.5. The highest BCUT2D eigenvalue weighted by Gasteiger charge is 2.24. The van der Waals surface area contributed by atoms with Gasteiger partial charge in [0.25, 0.3) is 0 Å². The van der Waals surface area contributed by atoms with Crippen LogP contribution in [0, 0.1) is 0 Å². The van der Waals surface area contributed by atoms with Crippen molar-refractivity contribution in [1.82, 2.24) is 24.9 Å². The van der Waals surface area contributed by atoms with E-state index in [0.717, 1.165) is 72.1 Å². The van der Waals surface area contributed by atoms with Gasteiger partial charge in [0.2, 0.25) is 5.91 Å². The predicted octanol–water partition coefficient (Wildman–Crippen LogP) is 0.634. The highest BCUT2D eigenvalue weighted by atomic mass is 16.5. The van der Waals surface area contributed by atoms with Crippen LogP contribution in [0.1, 0.15) is 37.9 Å². The summed E-state index contributed by atoms with van der Waals surface area (Å²) >= 11 is 0. The summed E-state index contributed by atoms with van der Waals surface area (Å²) in [6, 6.07) is 0. The molecule has 2 aliphatic heterocycles. The molecule has 0 unspecified atom stereocenters. The lowest BCUT2D eigenvalue weighted by Crippen LogP contribution is -2.49. The van der Waals surface area contributed by atoms with Gasteiger partial charge >= 0.3 is 0 Å². The van der Waals surface area contributed by atoms with Crippen LogP contribution in [0.25, 0.3) is 0 Å². The first kappa shape index (κ1) is 21.1. The first-order chi connectivity index (χ1) is 13.5. The maximum atomic E-state index is 11.4. The van der Waals surface area contributed by atoms with Gasteiger partial charge in [0.15, 0.2) is 0 Å². The molecule has 0 saturated carbocycles. The van der Waals surface area contributed by atoms with Crippen molar-refractivity contribution in [3.8, 4) is 0 Å². The zero-order valence-corrected chi connectivity index (χ0v) is 17.9. The van der Waals surface area contributed by atoms with Gasteiger partial charge in [-0.15, -0.1) is 0 Å². The molecule has 1 N–H and O–H groups in total. The fourth-order valence-electron chi connectivity index (χ4n) is 4.12. The third-order valence-corrected chi connectivity index (χ3v) is 5.73. The maximum Gasteiger partial charge on any atom is 0.219 e. The molecule has 3 rings (SSSR count). The van der Waals surface area contributed by atoms with Crippen LogP contribution in [0.4, 0.5) is 5.82 Å². The molecule has 0 aromatic carbocycles. The third kappa shape index (κ3) is 5.04. The van der Waals surface area contributed by atoms with Gasteiger partial charge in [-0.05, 0) is 5.92 Å². The number of aromatic nitrogens is 2. The lowest BCUT2D eigenvalue weighted by Gasteiger charge is -2.34. The molecule has 2 aliphatic rings. The Balaban J connectivity index is 1.55. The summed E-state index contributed by atoms with van der Waals surface area (Å²) in [4.78, 5) is 18.2. The Morgan fingerprint density at radius 2 is 1.82 bits per heavy atom. The monoisotopic (exact) mass is 392 g/mol. The summed E-state index contributed by atoms with van der Waals surface area (Å²) in [6.07, 6.45) is 0. The summed E-state index contributed by atoms with van der Waals surface area (Å²) in [7, 11) is 2.05. The molecule has 158 valence electrons. The molecule has 0 spiro atoms. The number of ether oxygens (including phenoxy) is 1. The van der Waals surface area contributed by atoms with Crippen molar-refractivity contribution in [2.75, 3.05) is 70.5 Å². The van der Waals surface area contributed by atoms with Gasteiger partial charge in [0.1, 0.15) is 5.82 Å². The number of nitrogens with zero attached hydrogens (tertiary/aromatic N) is 5. The zero-order chi connectivity index (χ0) is 20.1. The van der Waals surface area contributed by atoms with Gasteiger partial charge in [-0.2, -0.15) is 5.10 Å². The SMILES string of the molecule is CC(=O)N1CCN(CCNCc2c(C(C)C)nn(C)c2N2CCOCC2)CC1. The van der Waals surface area contributed by atoms with Gasteiger partial charge in [-0.25, -0.2) is 0 Å². The number of carbonyl (C=O) groups is 1. The second-order valence-electron chi connectivity index (χ2n) is 8.09. The number of nitrogens with one attached hydrogen (secondary N) is 1. The van der Waals surface area contributed by atoms with E-state index < -0.39 is 0 Å². The van der Waals surface area contributed by atoms with E-state index in [0.29, 0.717) is 5.92 Å². The van der Waals surface area contributed by atoms with Crippen molar-refractivity contribution >= 4 is 11.7 Å². The molecule has 8 heteroatoms. The average molecular weight is 393 g/mol. The second-order valence-corrected chi connectivity index (χ2v) is 8.09. The molecule has 28 heavy (non-hydrogen) atoms. The number of aryl methyl sites for hydroxylation is 1. The van der Waals surface area contributed by atoms with Crippen LogP contribution >= 0.6 is 0 Å². The predicted molar refractivity (Wildman–Crippen MR) is 111 cm³/mol. The van der Waals surface area contributed by atoms with Crippen molar-refractivity contribution in [2.45, 2.75) is 33.2 Å².